The molecule has 2 amide bonds. The highest BCUT2D eigenvalue weighted by Crippen LogP contribution is 2.33. The van der Waals surface area contributed by atoms with Crippen molar-refractivity contribution < 1.29 is 14.3 Å². The van der Waals surface area contributed by atoms with Gasteiger partial charge in [0.25, 0.3) is 0 Å². The molecule has 0 radical (unpaired) electrons. The maximum Gasteiger partial charge on any atom is 0.322 e. The maximum atomic E-state index is 12.8. The van der Waals surface area contributed by atoms with Crippen LogP contribution in [0.15, 0.2) is 42.5 Å². The summed E-state index contributed by atoms with van der Waals surface area (Å²) in [7, 11) is 1.62. The molecule has 5 nitrogen and oxygen atoms in total. The molecule has 0 bridgehead atoms. The van der Waals surface area contributed by atoms with Crippen molar-refractivity contribution in [1.82, 2.24) is 4.90 Å². The third-order valence-corrected chi connectivity index (χ3v) is 4.33. The van der Waals surface area contributed by atoms with Crippen LogP contribution in [0, 0.1) is 0 Å². The summed E-state index contributed by atoms with van der Waals surface area (Å²) in [4.78, 5) is 14.5. The van der Waals surface area contributed by atoms with Crippen LogP contribution in [0.3, 0.4) is 0 Å². The predicted molar refractivity (Wildman–Crippen MR) is 98.6 cm³/mol. The van der Waals surface area contributed by atoms with Crippen molar-refractivity contribution in [2.24, 2.45) is 0 Å². The van der Waals surface area contributed by atoms with Crippen molar-refractivity contribution in [3.05, 3.63) is 53.1 Å². The number of benzene rings is 2. The van der Waals surface area contributed by atoms with Gasteiger partial charge in [-0.05, 0) is 38.1 Å². The first-order valence-electron chi connectivity index (χ1n) is 8.04. The summed E-state index contributed by atoms with van der Waals surface area (Å²) in [6.45, 7) is 4.80. The van der Waals surface area contributed by atoms with Crippen LogP contribution in [-0.2, 0) is 6.54 Å². The number of nitrogens with one attached hydrogen (secondary N) is 1. The Morgan fingerprint density at radius 1 is 1.28 bits per heavy atom. The highest BCUT2D eigenvalue weighted by Gasteiger charge is 2.32. The average molecular weight is 361 g/mol. The molecular weight excluding hydrogens is 340 g/mol. The topological polar surface area (TPSA) is 50.8 Å². The minimum absolute atomic E-state index is 0.214. The van der Waals surface area contributed by atoms with Crippen LogP contribution in [-0.4, -0.2) is 30.2 Å². The maximum absolute atomic E-state index is 12.8. The molecule has 1 aliphatic rings. The van der Waals surface area contributed by atoms with Gasteiger partial charge in [0.2, 0.25) is 0 Å². The Hall–Kier alpha value is -2.40. The van der Waals surface area contributed by atoms with Crippen LogP contribution in [0.5, 0.6) is 11.5 Å². The number of nitrogens with zero attached hydrogens (tertiary/aromatic N) is 1. The van der Waals surface area contributed by atoms with Gasteiger partial charge in [-0.1, -0.05) is 23.7 Å². The molecule has 3 rings (SSSR count). The molecule has 1 heterocycles. The first kappa shape index (κ1) is 17.4. The first-order valence-corrected chi connectivity index (χ1v) is 8.42. The van der Waals surface area contributed by atoms with E-state index >= 15 is 0 Å². The van der Waals surface area contributed by atoms with E-state index in [9.17, 15) is 4.79 Å². The zero-order valence-corrected chi connectivity index (χ0v) is 15.3. The third-order valence-electron chi connectivity index (χ3n) is 4.00. The molecule has 0 unspecified atom stereocenters. The smallest absolute Gasteiger partial charge is 0.322 e. The Kier molecular flexibility index (Phi) is 4.77. The number of carbonyl (C=O) groups excluding carboxylic acids is 1. The van der Waals surface area contributed by atoms with Crippen molar-refractivity contribution in [3.63, 3.8) is 0 Å². The zero-order valence-electron chi connectivity index (χ0n) is 14.5. The third kappa shape index (κ3) is 3.99. The molecule has 0 atom stereocenters. The Bertz CT molecular complexity index is 792. The van der Waals surface area contributed by atoms with Crippen molar-refractivity contribution in [2.75, 3.05) is 19.0 Å². The van der Waals surface area contributed by atoms with Crippen molar-refractivity contribution in [2.45, 2.75) is 26.0 Å². The second-order valence-electron chi connectivity index (χ2n) is 6.60. The number of ether oxygens (including phenoxy) is 2. The van der Waals surface area contributed by atoms with Gasteiger partial charge in [-0.25, -0.2) is 4.79 Å². The van der Waals surface area contributed by atoms with Crippen molar-refractivity contribution >= 4 is 23.3 Å². The lowest BCUT2D eigenvalue weighted by Gasteiger charge is -2.29. The fourth-order valence-electron chi connectivity index (χ4n) is 2.84. The summed E-state index contributed by atoms with van der Waals surface area (Å²) >= 11 is 6.14. The van der Waals surface area contributed by atoms with E-state index in [-0.39, 0.29) is 6.03 Å². The van der Waals surface area contributed by atoms with Gasteiger partial charge in [0.15, 0.2) is 0 Å². The Morgan fingerprint density at radius 3 is 2.76 bits per heavy atom. The van der Waals surface area contributed by atoms with Crippen LogP contribution in [0.2, 0.25) is 5.02 Å². The molecule has 0 saturated carbocycles. The van der Waals surface area contributed by atoms with E-state index in [2.05, 4.69) is 5.32 Å². The Balaban J connectivity index is 1.86. The number of methoxy groups -OCH3 is 1. The average Bonchev–Trinajstić information content (AvgIpc) is 2.70. The molecule has 1 aliphatic heterocycles. The number of anilines is 1. The quantitative estimate of drug-likeness (QED) is 0.854. The van der Waals surface area contributed by atoms with Gasteiger partial charge in [0.05, 0.1) is 30.9 Å². The van der Waals surface area contributed by atoms with Crippen LogP contribution in [0.4, 0.5) is 10.5 Å². The second-order valence-corrected chi connectivity index (χ2v) is 7.01. The van der Waals surface area contributed by atoms with Crippen molar-refractivity contribution in [3.8, 4) is 11.5 Å². The van der Waals surface area contributed by atoms with Gasteiger partial charge in [-0.2, -0.15) is 0 Å². The number of hydrogen-bond acceptors (Lipinski definition) is 3. The lowest BCUT2D eigenvalue weighted by Crippen LogP contribution is -2.44. The SMILES string of the molecule is COc1ccc2c(c1)OC(C)(C)CN(C(=O)Nc1ccccc1Cl)C2. The highest BCUT2D eigenvalue weighted by atomic mass is 35.5. The molecule has 0 aliphatic carbocycles. The summed E-state index contributed by atoms with van der Waals surface area (Å²) in [5.74, 6) is 1.46. The number of para-hydroxylation sites is 1. The van der Waals surface area contributed by atoms with E-state index in [0.717, 1.165) is 17.1 Å². The molecule has 0 saturated heterocycles. The lowest BCUT2D eigenvalue weighted by molar-refractivity contribution is 0.0833. The van der Waals surface area contributed by atoms with E-state index in [1.807, 2.05) is 44.2 Å². The summed E-state index contributed by atoms with van der Waals surface area (Å²) < 4.78 is 11.4. The minimum Gasteiger partial charge on any atom is -0.497 e. The van der Waals surface area contributed by atoms with E-state index in [1.54, 1.807) is 24.1 Å². The lowest BCUT2D eigenvalue weighted by atomic mass is 10.1. The molecule has 2 aromatic rings. The molecule has 0 aromatic heterocycles. The van der Waals surface area contributed by atoms with Crippen molar-refractivity contribution in [1.29, 1.82) is 0 Å². The minimum atomic E-state index is -0.532. The predicted octanol–water partition coefficient (Wildman–Crippen LogP) is 4.55. The van der Waals surface area contributed by atoms with Crippen LogP contribution < -0.4 is 14.8 Å². The van der Waals surface area contributed by atoms with Gasteiger partial charge in [-0.15, -0.1) is 0 Å². The molecular formula is C19H21ClN2O3. The number of hydrogen-bond donors (Lipinski definition) is 1. The molecule has 2 aromatic carbocycles. The van der Waals surface area contributed by atoms with Gasteiger partial charge < -0.3 is 19.7 Å². The molecule has 6 heteroatoms. The fourth-order valence-corrected chi connectivity index (χ4v) is 3.02. The normalized spacial score (nSPS) is 15.6. The van der Waals surface area contributed by atoms with Gasteiger partial charge in [-0.3, -0.25) is 0 Å². The number of carbonyl (C=O) groups is 1. The van der Waals surface area contributed by atoms with Gasteiger partial charge in [0.1, 0.15) is 17.1 Å². The summed E-state index contributed by atoms with van der Waals surface area (Å²) in [5.41, 5.74) is 0.989. The monoisotopic (exact) mass is 360 g/mol. The van der Waals surface area contributed by atoms with Crippen LogP contribution in [0.25, 0.3) is 0 Å². The number of urea groups is 1. The van der Waals surface area contributed by atoms with Gasteiger partial charge in [0, 0.05) is 11.6 Å². The Labute approximate surface area is 152 Å². The first-order chi connectivity index (χ1) is 11.9. The molecule has 0 spiro atoms. The summed E-state index contributed by atoms with van der Waals surface area (Å²) in [6.07, 6.45) is 0. The van der Waals surface area contributed by atoms with E-state index in [0.29, 0.717) is 23.8 Å². The number of amides is 2. The van der Waals surface area contributed by atoms with E-state index in [1.165, 1.54) is 0 Å². The van der Waals surface area contributed by atoms with E-state index in [4.69, 9.17) is 21.1 Å². The molecule has 25 heavy (non-hydrogen) atoms. The molecule has 1 N–H and O–H groups in total. The second kappa shape index (κ2) is 6.84. The number of halogens is 1. The molecule has 0 fully saturated rings. The van der Waals surface area contributed by atoms with E-state index < -0.39 is 5.60 Å². The number of fused-ring (bicyclic) bond motifs is 1. The summed E-state index contributed by atoms with van der Waals surface area (Å²) in [6, 6.07) is 12.6. The van der Waals surface area contributed by atoms with Crippen LogP contribution >= 0.6 is 11.6 Å². The summed E-state index contributed by atoms with van der Waals surface area (Å²) in [5, 5.41) is 3.38. The van der Waals surface area contributed by atoms with Gasteiger partial charge >= 0.3 is 6.03 Å². The highest BCUT2D eigenvalue weighted by molar-refractivity contribution is 6.33. The largest absolute Gasteiger partial charge is 0.497 e. The standard InChI is InChI=1S/C19H21ClN2O3/c1-19(2)12-22(18(23)21-16-7-5-4-6-15(16)20)11-13-8-9-14(24-3)10-17(13)25-19/h4-10H,11-12H2,1-3H3,(H,21,23). The fraction of sp³-hybridized carbons (Fsp3) is 0.316. The zero-order chi connectivity index (χ0) is 18.0. The Morgan fingerprint density at radius 2 is 2.04 bits per heavy atom. The number of rotatable bonds is 2. The molecule has 132 valence electrons. The van der Waals surface area contributed by atoms with Crippen LogP contribution in [0.1, 0.15) is 19.4 Å².